The van der Waals surface area contributed by atoms with Gasteiger partial charge in [-0.3, -0.25) is 14.6 Å². The number of likely N-dealkylation sites (tertiary alicyclic amines) is 1. The van der Waals surface area contributed by atoms with Gasteiger partial charge >= 0.3 is 0 Å². The van der Waals surface area contributed by atoms with Crippen LogP contribution in [0.3, 0.4) is 0 Å². The number of piperidine rings is 1. The van der Waals surface area contributed by atoms with Gasteiger partial charge in [0.2, 0.25) is 11.8 Å². The highest BCUT2D eigenvalue weighted by molar-refractivity contribution is 6.31. The predicted octanol–water partition coefficient (Wildman–Crippen LogP) is 3.66. The van der Waals surface area contributed by atoms with Gasteiger partial charge in [0.05, 0.1) is 6.42 Å². The molecule has 2 fully saturated rings. The van der Waals surface area contributed by atoms with Crippen LogP contribution in [0.1, 0.15) is 36.8 Å². The highest BCUT2D eigenvalue weighted by atomic mass is 35.5. The summed E-state index contributed by atoms with van der Waals surface area (Å²) in [6, 6.07) is 11.5. The molecule has 1 spiro atoms. The molecule has 0 radical (unpaired) electrons. The molecule has 1 atom stereocenters. The molecule has 1 aliphatic heterocycles. The van der Waals surface area contributed by atoms with Crippen LogP contribution in [-0.4, -0.2) is 41.3 Å². The third-order valence-electron chi connectivity index (χ3n) is 6.61. The lowest BCUT2D eigenvalue weighted by Gasteiger charge is -2.33. The van der Waals surface area contributed by atoms with Crippen molar-refractivity contribution in [2.75, 3.05) is 19.6 Å². The van der Waals surface area contributed by atoms with Gasteiger partial charge in [-0.05, 0) is 66.8 Å². The molecule has 2 amide bonds. The Hall–Kier alpha value is -2.40. The van der Waals surface area contributed by atoms with Crippen molar-refractivity contribution in [3.63, 3.8) is 0 Å². The number of halogens is 1. The van der Waals surface area contributed by atoms with Gasteiger partial charge in [-0.25, -0.2) is 0 Å². The second kappa shape index (κ2) is 9.17. The molecule has 2 aromatic rings. The number of aryl methyl sites for hydroxylation is 1. The monoisotopic (exact) mass is 425 g/mol. The van der Waals surface area contributed by atoms with Gasteiger partial charge < -0.3 is 10.2 Å². The normalized spacial score (nSPS) is 19.5. The molecule has 2 aliphatic rings. The van der Waals surface area contributed by atoms with E-state index in [4.69, 9.17) is 11.6 Å². The van der Waals surface area contributed by atoms with Gasteiger partial charge in [0.15, 0.2) is 0 Å². The second-order valence-electron chi connectivity index (χ2n) is 8.52. The molecule has 0 bridgehead atoms. The van der Waals surface area contributed by atoms with Crippen LogP contribution in [0.25, 0.3) is 0 Å². The lowest BCUT2D eigenvalue weighted by Crippen LogP contribution is -2.41. The summed E-state index contributed by atoms with van der Waals surface area (Å²) in [5, 5.41) is 3.75. The predicted molar refractivity (Wildman–Crippen MR) is 117 cm³/mol. The third kappa shape index (κ3) is 4.84. The van der Waals surface area contributed by atoms with E-state index in [1.165, 1.54) is 5.56 Å². The highest BCUT2D eigenvalue weighted by Crippen LogP contribution is 2.59. The van der Waals surface area contributed by atoms with E-state index in [0.717, 1.165) is 50.8 Å². The maximum Gasteiger partial charge on any atom is 0.227 e. The van der Waals surface area contributed by atoms with Gasteiger partial charge in [-0.15, -0.1) is 0 Å². The Morgan fingerprint density at radius 3 is 2.60 bits per heavy atom. The van der Waals surface area contributed by atoms with Crippen molar-refractivity contribution in [1.82, 2.24) is 15.2 Å². The molecule has 1 saturated carbocycles. The van der Waals surface area contributed by atoms with E-state index < -0.39 is 0 Å². The summed E-state index contributed by atoms with van der Waals surface area (Å²) in [7, 11) is 0. The van der Waals surface area contributed by atoms with Crippen LogP contribution in [0.2, 0.25) is 5.02 Å². The number of aromatic nitrogens is 1. The number of pyridine rings is 1. The number of rotatable bonds is 7. The summed E-state index contributed by atoms with van der Waals surface area (Å²) >= 11 is 6.19. The van der Waals surface area contributed by atoms with Crippen molar-refractivity contribution in [1.29, 1.82) is 0 Å². The molecule has 1 aromatic heterocycles. The minimum atomic E-state index is 0.107. The lowest BCUT2D eigenvalue weighted by molar-refractivity contribution is -0.132. The number of hydrogen-bond acceptors (Lipinski definition) is 3. The molecule has 0 unspecified atom stereocenters. The maximum absolute atomic E-state index is 12.6. The Morgan fingerprint density at radius 1 is 1.13 bits per heavy atom. The minimum absolute atomic E-state index is 0.107. The van der Waals surface area contributed by atoms with Crippen LogP contribution in [0.4, 0.5) is 0 Å². The van der Waals surface area contributed by atoms with Crippen LogP contribution in [0.15, 0.2) is 48.8 Å². The van der Waals surface area contributed by atoms with E-state index in [9.17, 15) is 9.59 Å². The summed E-state index contributed by atoms with van der Waals surface area (Å²) in [5.41, 5.74) is 2.23. The molecule has 1 aliphatic carbocycles. The first kappa shape index (κ1) is 20.9. The van der Waals surface area contributed by atoms with Gasteiger partial charge in [-0.2, -0.15) is 0 Å². The Labute approximate surface area is 182 Å². The molecule has 6 heteroatoms. The second-order valence-corrected chi connectivity index (χ2v) is 8.93. The van der Waals surface area contributed by atoms with Gasteiger partial charge in [0.1, 0.15) is 0 Å². The fourth-order valence-corrected chi connectivity index (χ4v) is 4.77. The zero-order valence-corrected chi connectivity index (χ0v) is 17.9. The highest BCUT2D eigenvalue weighted by Gasteiger charge is 2.58. The number of nitrogens with one attached hydrogen (secondary N) is 1. The quantitative estimate of drug-likeness (QED) is 0.688. The molecular formula is C24H28ClN3O2. The molecule has 1 aromatic carbocycles. The Balaban J connectivity index is 1.18. The molecule has 5 nitrogen and oxygen atoms in total. The van der Waals surface area contributed by atoms with Crippen LogP contribution in [0.5, 0.6) is 0 Å². The van der Waals surface area contributed by atoms with Crippen molar-refractivity contribution in [3.8, 4) is 0 Å². The molecule has 30 heavy (non-hydrogen) atoms. The molecule has 4 rings (SSSR count). The first-order valence-corrected chi connectivity index (χ1v) is 11.1. The largest absolute Gasteiger partial charge is 0.356 e. The first-order valence-electron chi connectivity index (χ1n) is 10.8. The van der Waals surface area contributed by atoms with Gasteiger partial charge in [0, 0.05) is 43.0 Å². The fraction of sp³-hybridized carbons (Fsp3) is 0.458. The van der Waals surface area contributed by atoms with Crippen LogP contribution in [0, 0.1) is 11.3 Å². The summed E-state index contributed by atoms with van der Waals surface area (Å²) < 4.78 is 0. The average Bonchev–Trinajstić information content (AvgIpc) is 3.47. The molecule has 158 valence electrons. The Morgan fingerprint density at radius 2 is 1.87 bits per heavy atom. The molecule has 2 heterocycles. The van der Waals surface area contributed by atoms with Crippen molar-refractivity contribution >= 4 is 23.4 Å². The van der Waals surface area contributed by atoms with Crippen LogP contribution < -0.4 is 5.32 Å². The van der Waals surface area contributed by atoms with Crippen molar-refractivity contribution < 1.29 is 9.59 Å². The van der Waals surface area contributed by atoms with E-state index in [-0.39, 0.29) is 23.1 Å². The number of hydrogen-bond donors (Lipinski definition) is 1. The topological polar surface area (TPSA) is 62.3 Å². The lowest BCUT2D eigenvalue weighted by atomic mass is 9.90. The molecule has 1 N–H and O–H groups in total. The zero-order valence-electron chi connectivity index (χ0n) is 17.1. The number of amides is 2. The maximum atomic E-state index is 12.6. The van der Waals surface area contributed by atoms with E-state index in [2.05, 4.69) is 10.3 Å². The summed E-state index contributed by atoms with van der Waals surface area (Å²) in [5.74, 6) is 0.413. The van der Waals surface area contributed by atoms with Crippen LogP contribution in [-0.2, 0) is 22.4 Å². The third-order valence-corrected chi connectivity index (χ3v) is 6.98. The summed E-state index contributed by atoms with van der Waals surface area (Å²) in [6.07, 6.45) is 8.60. The van der Waals surface area contributed by atoms with E-state index >= 15 is 0 Å². The fourth-order valence-electron chi connectivity index (χ4n) is 4.57. The SMILES string of the molecule is O=C(NCCCc1ccncc1)[C@H]1CC12CCN(C(=O)Cc1ccccc1Cl)CC2. The minimum Gasteiger partial charge on any atom is -0.356 e. The Bertz CT molecular complexity index is 894. The average molecular weight is 426 g/mol. The number of carbonyl (C=O) groups excluding carboxylic acids is 2. The van der Waals surface area contributed by atoms with Crippen molar-refractivity contribution in [2.45, 2.75) is 38.5 Å². The Kier molecular flexibility index (Phi) is 6.38. The van der Waals surface area contributed by atoms with E-state index in [1.807, 2.05) is 41.3 Å². The standard InChI is InChI=1S/C24H28ClN3O2/c25-21-6-2-1-5-19(21)16-22(29)28-14-9-24(10-15-28)17-20(24)23(30)27-11-3-4-18-7-12-26-13-8-18/h1-2,5-8,12-13,20H,3-4,9-11,14-17H2,(H,27,30)/t20-/m1/s1. The van der Waals surface area contributed by atoms with Gasteiger partial charge in [-0.1, -0.05) is 29.8 Å². The first-order chi connectivity index (χ1) is 14.6. The number of benzene rings is 1. The molecule has 1 saturated heterocycles. The van der Waals surface area contributed by atoms with E-state index in [1.54, 1.807) is 12.4 Å². The van der Waals surface area contributed by atoms with Gasteiger partial charge in [0.25, 0.3) is 0 Å². The van der Waals surface area contributed by atoms with E-state index in [0.29, 0.717) is 18.0 Å². The number of carbonyl (C=O) groups is 2. The smallest absolute Gasteiger partial charge is 0.227 e. The number of nitrogens with zero attached hydrogens (tertiary/aromatic N) is 2. The summed E-state index contributed by atoms with van der Waals surface area (Å²) in [6.45, 7) is 2.17. The van der Waals surface area contributed by atoms with Crippen molar-refractivity contribution in [2.24, 2.45) is 11.3 Å². The van der Waals surface area contributed by atoms with Crippen LogP contribution >= 0.6 is 11.6 Å². The summed E-state index contributed by atoms with van der Waals surface area (Å²) in [4.78, 5) is 31.2. The molecular weight excluding hydrogens is 398 g/mol. The van der Waals surface area contributed by atoms with Crippen molar-refractivity contribution in [3.05, 3.63) is 64.9 Å². The zero-order chi connectivity index (χ0) is 21.0.